The van der Waals surface area contributed by atoms with Crippen molar-refractivity contribution in [3.8, 4) is 6.07 Å². The molecule has 90 valence electrons. The number of H-pyrrole nitrogens is 1. The van der Waals surface area contributed by atoms with E-state index in [2.05, 4.69) is 10.2 Å². The summed E-state index contributed by atoms with van der Waals surface area (Å²) >= 11 is 1.64. The molecule has 0 aromatic carbocycles. The first-order chi connectivity index (χ1) is 8.63. The second-order valence-corrected chi connectivity index (χ2v) is 4.80. The molecule has 0 aliphatic rings. The Balaban J connectivity index is 2.43. The lowest BCUT2D eigenvalue weighted by Crippen LogP contribution is -2.15. The Morgan fingerprint density at radius 1 is 1.44 bits per heavy atom. The summed E-state index contributed by atoms with van der Waals surface area (Å²) < 4.78 is 0. The van der Waals surface area contributed by atoms with E-state index in [0.29, 0.717) is 11.3 Å². The van der Waals surface area contributed by atoms with E-state index in [0.717, 1.165) is 4.88 Å². The van der Waals surface area contributed by atoms with Crippen LogP contribution in [0.25, 0.3) is 12.2 Å². The van der Waals surface area contributed by atoms with Crippen molar-refractivity contribution in [2.24, 2.45) is 0 Å². The molecule has 0 saturated carbocycles. The van der Waals surface area contributed by atoms with Gasteiger partial charge < -0.3 is 0 Å². The molecule has 0 unspecified atom stereocenters. The molecule has 5 heteroatoms. The number of hydrogen-bond acceptors (Lipinski definition) is 4. The van der Waals surface area contributed by atoms with Gasteiger partial charge in [0, 0.05) is 4.88 Å². The van der Waals surface area contributed by atoms with E-state index in [1.165, 1.54) is 5.56 Å². The highest BCUT2D eigenvalue weighted by Gasteiger charge is 2.07. The SMILES string of the molecule is Cc1ccsc1/C=C/c1n[nH]c(=O)c(C#N)c1C. The summed E-state index contributed by atoms with van der Waals surface area (Å²) in [4.78, 5) is 12.5. The van der Waals surface area contributed by atoms with Crippen molar-refractivity contribution in [1.82, 2.24) is 10.2 Å². The number of aromatic amines is 1. The summed E-state index contributed by atoms with van der Waals surface area (Å²) in [6.45, 7) is 3.76. The Hall–Kier alpha value is -2.19. The lowest BCUT2D eigenvalue weighted by atomic mass is 10.1. The second-order valence-electron chi connectivity index (χ2n) is 3.85. The molecule has 2 aromatic heterocycles. The molecule has 1 N–H and O–H groups in total. The molecule has 0 fully saturated rings. The van der Waals surface area contributed by atoms with E-state index >= 15 is 0 Å². The van der Waals surface area contributed by atoms with E-state index < -0.39 is 5.56 Å². The Morgan fingerprint density at radius 3 is 2.83 bits per heavy atom. The van der Waals surface area contributed by atoms with Gasteiger partial charge in [0.15, 0.2) is 0 Å². The fraction of sp³-hybridized carbons (Fsp3) is 0.154. The number of thiophene rings is 1. The Labute approximate surface area is 108 Å². The number of rotatable bonds is 2. The van der Waals surface area contributed by atoms with Gasteiger partial charge >= 0.3 is 0 Å². The summed E-state index contributed by atoms with van der Waals surface area (Å²) in [5.74, 6) is 0. The number of nitrogens with one attached hydrogen (secondary N) is 1. The lowest BCUT2D eigenvalue weighted by molar-refractivity contribution is 0.953. The number of hydrogen-bond donors (Lipinski definition) is 1. The zero-order valence-corrected chi connectivity index (χ0v) is 10.8. The molecule has 0 bridgehead atoms. The number of aromatic nitrogens is 2. The Bertz CT molecular complexity index is 704. The van der Waals surface area contributed by atoms with E-state index in [-0.39, 0.29) is 5.56 Å². The minimum absolute atomic E-state index is 0.118. The van der Waals surface area contributed by atoms with E-state index in [1.807, 2.05) is 36.6 Å². The van der Waals surface area contributed by atoms with Gasteiger partial charge in [0.2, 0.25) is 0 Å². The number of nitrogens with zero attached hydrogens (tertiary/aromatic N) is 2. The van der Waals surface area contributed by atoms with Crippen molar-refractivity contribution >= 4 is 23.5 Å². The molecular weight excluding hydrogens is 246 g/mol. The predicted octanol–water partition coefficient (Wildman–Crippen LogP) is 2.49. The van der Waals surface area contributed by atoms with E-state index in [4.69, 9.17) is 5.26 Å². The van der Waals surface area contributed by atoms with Crippen LogP contribution in [-0.4, -0.2) is 10.2 Å². The monoisotopic (exact) mass is 257 g/mol. The van der Waals surface area contributed by atoms with Gasteiger partial charge in [0.05, 0.1) is 5.69 Å². The van der Waals surface area contributed by atoms with Crippen LogP contribution in [0.1, 0.15) is 27.3 Å². The summed E-state index contributed by atoms with van der Waals surface area (Å²) in [6.07, 6.45) is 3.75. The molecule has 18 heavy (non-hydrogen) atoms. The molecule has 0 aliphatic carbocycles. The third-order valence-corrected chi connectivity index (χ3v) is 3.65. The van der Waals surface area contributed by atoms with Gasteiger partial charge in [-0.05, 0) is 48.6 Å². The van der Waals surface area contributed by atoms with Crippen LogP contribution < -0.4 is 5.56 Å². The molecule has 2 heterocycles. The van der Waals surface area contributed by atoms with Crippen molar-refractivity contribution < 1.29 is 0 Å². The minimum atomic E-state index is -0.445. The summed E-state index contributed by atoms with van der Waals surface area (Å²) in [6, 6.07) is 3.93. The molecule has 0 radical (unpaired) electrons. The van der Waals surface area contributed by atoms with Crippen molar-refractivity contribution in [2.75, 3.05) is 0 Å². The van der Waals surface area contributed by atoms with Gasteiger partial charge in [0.1, 0.15) is 11.6 Å². The van der Waals surface area contributed by atoms with Gasteiger partial charge in [-0.2, -0.15) is 10.4 Å². The van der Waals surface area contributed by atoms with Gasteiger partial charge in [-0.15, -0.1) is 11.3 Å². The molecule has 0 atom stereocenters. The smallest absolute Gasteiger partial charge is 0.267 e. The normalized spacial score (nSPS) is 10.7. The first-order valence-electron chi connectivity index (χ1n) is 5.35. The standard InChI is InChI=1S/C13H11N3OS/c1-8-5-6-18-12(8)4-3-11-9(2)10(7-14)13(17)16-15-11/h3-6H,1-2H3,(H,16,17)/b4-3+. The van der Waals surface area contributed by atoms with Crippen LogP contribution in [0, 0.1) is 25.2 Å². The van der Waals surface area contributed by atoms with Crippen LogP contribution >= 0.6 is 11.3 Å². The topological polar surface area (TPSA) is 69.5 Å². The van der Waals surface area contributed by atoms with E-state index in [9.17, 15) is 4.79 Å². The maximum Gasteiger partial charge on any atom is 0.282 e. The molecule has 2 rings (SSSR count). The molecule has 0 saturated heterocycles. The zero-order valence-electron chi connectivity index (χ0n) is 10.0. The van der Waals surface area contributed by atoms with Crippen molar-refractivity contribution in [1.29, 1.82) is 5.26 Å². The minimum Gasteiger partial charge on any atom is -0.267 e. The highest BCUT2D eigenvalue weighted by molar-refractivity contribution is 7.11. The first kappa shape index (κ1) is 12.3. The fourth-order valence-electron chi connectivity index (χ4n) is 1.56. The van der Waals surface area contributed by atoms with Gasteiger partial charge in [0.25, 0.3) is 5.56 Å². The average Bonchev–Trinajstić information content (AvgIpc) is 2.75. The first-order valence-corrected chi connectivity index (χ1v) is 6.23. The number of nitriles is 1. The molecule has 0 spiro atoms. The highest BCUT2D eigenvalue weighted by Crippen LogP contribution is 2.19. The molecule has 2 aromatic rings. The third kappa shape index (κ3) is 2.24. The van der Waals surface area contributed by atoms with Crippen LogP contribution in [0.2, 0.25) is 0 Å². The maximum atomic E-state index is 11.3. The lowest BCUT2D eigenvalue weighted by Gasteiger charge is -1.99. The fourth-order valence-corrected chi connectivity index (χ4v) is 2.38. The van der Waals surface area contributed by atoms with Gasteiger partial charge in [-0.1, -0.05) is 0 Å². The van der Waals surface area contributed by atoms with Gasteiger partial charge in [-0.3, -0.25) is 4.79 Å². The number of aryl methyl sites for hydroxylation is 1. The van der Waals surface area contributed by atoms with Crippen molar-refractivity contribution in [3.63, 3.8) is 0 Å². The Kier molecular flexibility index (Phi) is 3.40. The third-order valence-electron chi connectivity index (χ3n) is 2.67. The summed E-state index contributed by atoms with van der Waals surface area (Å²) in [7, 11) is 0. The highest BCUT2D eigenvalue weighted by atomic mass is 32.1. The summed E-state index contributed by atoms with van der Waals surface area (Å²) in [5, 5.41) is 17.2. The molecular formula is C13H11N3OS. The van der Waals surface area contributed by atoms with Crippen LogP contribution in [0.3, 0.4) is 0 Å². The zero-order chi connectivity index (χ0) is 13.1. The van der Waals surface area contributed by atoms with Crippen LogP contribution in [-0.2, 0) is 0 Å². The quantitative estimate of drug-likeness (QED) is 0.898. The van der Waals surface area contributed by atoms with E-state index in [1.54, 1.807) is 18.3 Å². The van der Waals surface area contributed by atoms with Crippen molar-refractivity contribution in [2.45, 2.75) is 13.8 Å². The molecule has 0 amide bonds. The molecule has 0 aliphatic heterocycles. The second kappa shape index (κ2) is 4.98. The van der Waals surface area contributed by atoms with Crippen LogP contribution in [0.5, 0.6) is 0 Å². The maximum absolute atomic E-state index is 11.3. The van der Waals surface area contributed by atoms with Crippen LogP contribution in [0.4, 0.5) is 0 Å². The average molecular weight is 257 g/mol. The van der Waals surface area contributed by atoms with Crippen LogP contribution in [0.15, 0.2) is 16.2 Å². The summed E-state index contributed by atoms with van der Waals surface area (Å²) in [5.41, 5.74) is 2.08. The van der Waals surface area contributed by atoms with Crippen molar-refractivity contribution in [3.05, 3.63) is 49.1 Å². The largest absolute Gasteiger partial charge is 0.282 e. The predicted molar refractivity (Wildman–Crippen MR) is 72.3 cm³/mol. The molecule has 4 nitrogen and oxygen atoms in total. The Morgan fingerprint density at radius 2 is 2.22 bits per heavy atom. The van der Waals surface area contributed by atoms with Gasteiger partial charge in [-0.25, -0.2) is 5.10 Å².